The molecule has 2 aromatic heterocycles. The van der Waals surface area contributed by atoms with Crippen molar-refractivity contribution in [3.05, 3.63) is 102 Å². The summed E-state index contributed by atoms with van der Waals surface area (Å²) >= 11 is 0. The second kappa shape index (κ2) is 9.04. The van der Waals surface area contributed by atoms with Crippen LogP contribution in [0.3, 0.4) is 0 Å². The van der Waals surface area contributed by atoms with Gasteiger partial charge in [0, 0.05) is 35.4 Å². The largest absolute Gasteiger partial charge is 0.465 e. The summed E-state index contributed by atoms with van der Waals surface area (Å²) in [6.07, 6.45) is 5.14. The molecule has 2 heterocycles. The lowest BCUT2D eigenvalue weighted by Crippen LogP contribution is -2.18. The van der Waals surface area contributed by atoms with E-state index < -0.39 is 0 Å². The fraction of sp³-hybridized carbons (Fsp3) is 0.0833. The molecule has 0 saturated carbocycles. The third kappa shape index (κ3) is 4.51. The number of pyridine rings is 1. The maximum Gasteiger partial charge on any atom is 0.337 e. The summed E-state index contributed by atoms with van der Waals surface area (Å²) in [5.74, 6) is -0.740. The van der Waals surface area contributed by atoms with E-state index in [9.17, 15) is 9.59 Å². The van der Waals surface area contributed by atoms with Crippen molar-refractivity contribution in [3.8, 4) is 0 Å². The van der Waals surface area contributed by atoms with Crippen molar-refractivity contribution < 1.29 is 14.3 Å². The topological polar surface area (TPSA) is 85.6 Å². The molecule has 0 saturated heterocycles. The van der Waals surface area contributed by atoms with Gasteiger partial charge in [-0.3, -0.25) is 9.78 Å². The number of amides is 1. The molecule has 0 aliphatic carbocycles. The van der Waals surface area contributed by atoms with Gasteiger partial charge >= 0.3 is 5.97 Å². The minimum Gasteiger partial charge on any atom is -0.465 e. The van der Waals surface area contributed by atoms with Crippen molar-refractivity contribution in [2.75, 3.05) is 7.11 Å². The molecule has 0 aliphatic heterocycles. The fourth-order valence-electron chi connectivity index (χ4n) is 3.33. The molecule has 7 nitrogen and oxygen atoms in total. The van der Waals surface area contributed by atoms with Gasteiger partial charge in [-0.25, -0.2) is 10.2 Å². The zero-order valence-corrected chi connectivity index (χ0v) is 16.9. The molecule has 154 valence electrons. The van der Waals surface area contributed by atoms with E-state index in [2.05, 4.69) is 20.1 Å². The second-order valence-electron chi connectivity index (χ2n) is 6.84. The van der Waals surface area contributed by atoms with Crippen LogP contribution in [-0.2, 0) is 11.3 Å². The molecule has 1 N–H and O–H groups in total. The van der Waals surface area contributed by atoms with Crippen LogP contribution in [0.2, 0.25) is 0 Å². The number of aromatic nitrogens is 2. The van der Waals surface area contributed by atoms with Gasteiger partial charge < -0.3 is 9.30 Å². The third-order valence-electron chi connectivity index (χ3n) is 4.79. The standard InChI is InChI=1S/C24H20N4O3/c1-31-24(30)18-8-6-7-17(13-18)15-28-16-19(20-9-2-3-11-22(20)28)14-26-27-23(29)21-10-4-5-12-25-21/h2-14,16H,15H2,1H3,(H,27,29). The molecule has 2 aromatic carbocycles. The van der Waals surface area contributed by atoms with E-state index >= 15 is 0 Å². The minimum absolute atomic E-state index is 0.299. The minimum atomic E-state index is -0.375. The molecule has 1 amide bonds. The van der Waals surface area contributed by atoms with Crippen LogP contribution in [0, 0.1) is 0 Å². The van der Waals surface area contributed by atoms with Crippen molar-refractivity contribution in [2.45, 2.75) is 6.54 Å². The summed E-state index contributed by atoms with van der Waals surface area (Å²) < 4.78 is 6.89. The summed E-state index contributed by atoms with van der Waals surface area (Å²) in [4.78, 5) is 28.0. The first-order chi connectivity index (χ1) is 15.2. The lowest BCUT2D eigenvalue weighted by Gasteiger charge is -2.07. The highest BCUT2D eigenvalue weighted by molar-refractivity contribution is 6.00. The van der Waals surface area contributed by atoms with Gasteiger partial charge in [0.05, 0.1) is 18.9 Å². The van der Waals surface area contributed by atoms with Gasteiger partial charge in [-0.2, -0.15) is 5.10 Å². The molecular weight excluding hydrogens is 392 g/mol. The second-order valence-corrected chi connectivity index (χ2v) is 6.84. The predicted octanol–water partition coefficient (Wildman–Crippen LogP) is 3.64. The van der Waals surface area contributed by atoms with E-state index in [1.807, 2.05) is 48.7 Å². The van der Waals surface area contributed by atoms with Crippen LogP contribution in [0.4, 0.5) is 0 Å². The first-order valence-electron chi connectivity index (χ1n) is 9.65. The number of fused-ring (bicyclic) bond motifs is 1. The third-order valence-corrected chi connectivity index (χ3v) is 4.79. The van der Waals surface area contributed by atoms with Gasteiger partial charge in [-0.1, -0.05) is 36.4 Å². The molecule has 4 rings (SSSR count). The lowest BCUT2D eigenvalue weighted by atomic mass is 10.1. The number of nitrogens with one attached hydrogen (secondary N) is 1. The highest BCUT2D eigenvalue weighted by Gasteiger charge is 2.10. The molecule has 0 bridgehead atoms. The van der Waals surface area contributed by atoms with Crippen LogP contribution >= 0.6 is 0 Å². The summed E-state index contributed by atoms with van der Waals surface area (Å²) in [7, 11) is 1.37. The fourth-order valence-corrected chi connectivity index (χ4v) is 3.33. The molecule has 0 atom stereocenters. The van der Waals surface area contributed by atoms with Crippen molar-refractivity contribution >= 4 is 29.0 Å². The Morgan fingerprint density at radius 2 is 1.94 bits per heavy atom. The molecule has 0 fully saturated rings. The number of hydrazone groups is 1. The number of nitrogens with zero attached hydrogens (tertiary/aromatic N) is 3. The van der Waals surface area contributed by atoms with Gasteiger partial charge in [-0.15, -0.1) is 0 Å². The first-order valence-corrected chi connectivity index (χ1v) is 9.65. The van der Waals surface area contributed by atoms with Crippen LogP contribution in [-0.4, -0.2) is 34.8 Å². The Morgan fingerprint density at radius 1 is 1.10 bits per heavy atom. The van der Waals surface area contributed by atoms with Crippen molar-refractivity contribution in [1.82, 2.24) is 15.0 Å². The predicted molar refractivity (Wildman–Crippen MR) is 118 cm³/mol. The smallest absolute Gasteiger partial charge is 0.337 e. The summed E-state index contributed by atoms with van der Waals surface area (Å²) in [6, 6.07) is 20.4. The van der Waals surface area contributed by atoms with E-state index in [1.54, 1.807) is 36.7 Å². The number of hydrogen-bond acceptors (Lipinski definition) is 5. The average Bonchev–Trinajstić information content (AvgIpc) is 3.16. The Morgan fingerprint density at radius 3 is 2.74 bits per heavy atom. The van der Waals surface area contributed by atoms with Crippen molar-refractivity contribution in [3.63, 3.8) is 0 Å². The number of esters is 1. The Labute approximate surface area is 179 Å². The van der Waals surface area contributed by atoms with E-state index in [0.29, 0.717) is 17.8 Å². The number of carbonyl (C=O) groups excluding carboxylic acids is 2. The van der Waals surface area contributed by atoms with Crippen molar-refractivity contribution in [2.24, 2.45) is 5.10 Å². The number of methoxy groups -OCH3 is 1. The average molecular weight is 412 g/mol. The SMILES string of the molecule is COC(=O)c1cccc(Cn2cc(C=NNC(=O)c3ccccn3)c3ccccc32)c1. The van der Waals surface area contributed by atoms with E-state index in [0.717, 1.165) is 22.0 Å². The van der Waals surface area contributed by atoms with Gasteiger partial charge in [0.2, 0.25) is 0 Å². The maximum absolute atomic E-state index is 12.1. The zero-order valence-electron chi connectivity index (χ0n) is 16.9. The van der Waals surface area contributed by atoms with Gasteiger partial charge in [-0.05, 0) is 35.9 Å². The number of carbonyl (C=O) groups is 2. The summed E-state index contributed by atoms with van der Waals surface area (Å²) in [5, 5.41) is 5.10. The Kier molecular flexibility index (Phi) is 5.84. The van der Waals surface area contributed by atoms with Crippen molar-refractivity contribution in [1.29, 1.82) is 0 Å². The maximum atomic E-state index is 12.1. The van der Waals surface area contributed by atoms with E-state index in [-0.39, 0.29) is 11.9 Å². The summed E-state index contributed by atoms with van der Waals surface area (Å²) in [5.41, 5.74) is 6.16. The number of hydrogen-bond donors (Lipinski definition) is 1. The van der Waals surface area contributed by atoms with Gasteiger partial charge in [0.15, 0.2) is 0 Å². The monoisotopic (exact) mass is 412 g/mol. The number of rotatable bonds is 6. The van der Waals surface area contributed by atoms with Gasteiger partial charge in [0.25, 0.3) is 5.91 Å². The molecule has 31 heavy (non-hydrogen) atoms. The molecular formula is C24H20N4O3. The molecule has 0 aliphatic rings. The molecule has 4 aromatic rings. The number of ether oxygens (including phenoxy) is 1. The first kappa shape index (κ1) is 20.0. The van der Waals surface area contributed by atoms with Gasteiger partial charge in [0.1, 0.15) is 5.69 Å². The van der Waals surface area contributed by atoms with Crippen LogP contribution in [0.1, 0.15) is 32.0 Å². The zero-order chi connectivity index (χ0) is 21.6. The van der Waals surface area contributed by atoms with E-state index in [4.69, 9.17) is 4.74 Å². The Balaban J connectivity index is 1.58. The van der Waals surface area contributed by atoms with Crippen LogP contribution in [0.5, 0.6) is 0 Å². The van der Waals surface area contributed by atoms with Crippen LogP contribution < -0.4 is 5.43 Å². The lowest BCUT2D eigenvalue weighted by molar-refractivity contribution is 0.0600. The molecule has 7 heteroatoms. The quantitative estimate of drug-likeness (QED) is 0.298. The highest BCUT2D eigenvalue weighted by Crippen LogP contribution is 2.21. The number of para-hydroxylation sites is 1. The molecule has 0 radical (unpaired) electrons. The highest BCUT2D eigenvalue weighted by atomic mass is 16.5. The summed E-state index contributed by atoms with van der Waals surface area (Å²) in [6.45, 7) is 0.569. The van der Waals surface area contributed by atoms with E-state index in [1.165, 1.54) is 7.11 Å². The number of benzene rings is 2. The Bertz CT molecular complexity index is 1260. The Hall–Kier alpha value is -4.26. The molecule has 0 spiro atoms. The normalized spacial score (nSPS) is 11.0. The molecule has 0 unspecified atom stereocenters. The van der Waals surface area contributed by atoms with Crippen LogP contribution in [0.25, 0.3) is 10.9 Å². The van der Waals surface area contributed by atoms with Crippen LogP contribution in [0.15, 0.2) is 84.2 Å².